The van der Waals surface area contributed by atoms with Crippen molar-refractivity contribution in [2.24, 2.45) is 0 Å². The van der Waals surface area contributed by atoms with Crippen LogP contribution < -0.4 is 0 Å². The molecule has 0 bridgehead atoms. The molecule has 0 saturated carbocycles. The number of hydrogen-bond donors (Lipinski definition) is 2. The zero-order valence-electron chi connectivity index (χ0n) is 14.3. The molecule has 1 amide bonds. The molecule has 2 N–H and O–H groups in total. The van der Waals surface area contributed by atoms with Gasteiger partial charge >= 0.3 is 0 Å². The SMILES string of the molecule is CC1c2c[nH]c(-c3nnn[nH]3)c2CCN1C(=O)c1cc2ccc(Br)cn2n1. The number of aromatic nitrogens is 7. The molecular formula is C17H15BrN8O. The third kappa shape index (κ3) is 2.55. The molecule has 27 heavy (non-hydrogen) atoms. The minimum absolute atomic E-state index is 0.0707. The number of nitrogens with zero attached hydrogens (tertiary/aromatic N) is 6. The highest BCUT2D eigenvalue weighted by atomic mass is 79.9. The van der Waals surface area contributed by atoms with E-state index in [9.17, 15) is 4.79 Å². The molecule has 0 fully saturated rings. The van der Waals surface area contributed by atoms with Crippen molar-refractivity contribution in [2.75, 3.05) is 6.54 Å². The van der Waals surface area contributed by atoms with E-state index in [1.165, 1.54) is 0 Å². The van der Waals surface area contributed by atoms with E-state index in [-0.39, 0.29) is 11.9 Å². The van der Waals surface area contributed by atoms with Gasteiger partial charge in [-0.1, -0.05) is 0 Å². The van der Waals surface area contributed by atoms with E-state index in [1.54, 1.807) is 4.52 Å². The van der Waals surface area contributed by atoms with Gasteiger partial charge in [-0.3, -0.25) is 4.79 Å². The second kappa shape index (κ2) is 6.02. The standard InChI is InChI=1S/C17H15BrN8O/c1-9-13-7-19-15(16-20-23-24-21-16)12(13)4-5-25(9)17(27)14-6-11-3-2-10(18)8-26(11)22-14/h2-3,6-9,19H,4-5H2,1H3,(H,20,21,23,24). The van der Waals surface area contributed by atoms with Crippen molar-refractivity contribution in [1.29, 1.82) is 0 Å². The van der Waals surface area contributed by atoms with Crippen LogP contribution in [0.4, 0.5) is 0 Å². The zero-order chi connectivity index (χ0) is 18.5. The van der Waals surface area contributed by atoms with Crippen LogP contribution in [0.2, 0.25) is 0 Å². The first-order valence-corrected chi connectivity index (χ1v) is 9.31. The highest BCUT2D eigenvalue weighted by Gasteiger charge is 2.32. The molecule has 10 heteroatoms. The number of rotatable bonds is 2. The first-order valence-electron chi connectivity index (χ1n) is 8.52. The molecular weight excluding hydrogens is 412 g/mol. The summed E-state index contributed by atoms with van der Waals surface area (Å²) < 4.78 is 2.62. The summed E-state index contributed by atoms with van der Waals surface area (Å²) >= 11 is 3.43. The van der Waals surface area contributed by atoms with Gasteiger partial charge in [-0.25, -0.2) is 9.61 Å². The number of pyridine rings is 1. The van der Waals surface area contributed by atoms with E-state index in [2.05, 4.69) is 46.6 Å². The third-order valence-electron chi connectivity index (χ3n) is 5.03. The summed E-state index contributed by atoms with van der Waals surface area (Å²) in [6, 6.07) is 5.61. The number of tetrazole rings is 1. The predicted octanol–water partition coefficient (Wildman–Crippen LogP) is 2.36. The molecule has 0 saturated heterocycles. The minimum atomic E-state index is -0.0722. The number of carbonyl (C=O) groups excluding carboxylic acids is 1. The Balaban J connectivity index is 1.47. The molecule has 136 valence electrons. The summed E-state index contributed by atoms with van der Waals surface area (Å²) in [6.07, 6.45) is 4.50. The number of halogens is 1. The van der Waals surface area contributed by atoms with E-state index < -0.39 is 0 Å². The van der Waals surface area contributed by atoms with E-state index in [1.807, 2.05) is 42.4 Å². The van der Waals surface area contributed by atoms with Crippen molar-refractivity contribution >= 4 is 27.4 Å². The molecule has 1 unspecified atom stereocenters. The molecule has 0 radical (unpaired) electrons. The molecule has 4 aromatic heterocycles. The van der Waals surface area contributed by atoms with Gasteiger partial charge in [-0.15, -0.1) is 5.10 Å². The molecule has 0 aromatic carbocycles. The summed E-state index contributed by atoms with van der Waals surface area (Å²) in [6.45, 7) is 2.63. The summed E-state index contributed by atoms with van der Waals surface area (Å²) in [7, 11) is 0. The number of aromatic amines is 2. The van der Waals surface area contributed by atoms with Crippen molar-refractivity contribution in [2.45, 2.75) is 19.4 Å². The van der Waals surface area contributed by atoms with Crippen LogP contribution in [0.3, 0.4) is 0 Å². The summed E-state index contributed by atoms with van der Waals surface area (Å²) in [5.74, 6) is 0.534. The molecule has 5 heterocycles. The Morgan fingerprint density at radius 3 is 3.07 bits per heavy atom. The lowest BCUT2D eigenvalue weighted by molar-refractivity contribution is 0.0672. The molecule has 1 aliphatic rings. The van der Waals surface area contributed by atoms with E-state index in [0.29, 0.717) is 18.1 Å². The summed E-state index contributed by atoms with van der Waals surface area (Å²) in [5.41, 5.74) is 4.43. The average molecular weight is 427 g/mol. The molecule has 9 nitrogen and oxygen atoms in total. The number of carbonyl (C=O) groups is 1. The maximum Gasteiger partial charge on any atom is 0.274 e. The van der Waals surface area contributed by atoms with Gasteiger partial charge in [-0.05, 0) is 69.0 Å². The van der Waals surface area contributed by atoms with Crippen LogP contribution in [0.25, 0.3) is 17.0 Å². The normalized spacial score (nSPS) is 16.7. The van der Waals surface area contributed by atoms with Gasteiger partial charge in [0.2, 0.25) is 0 Å². The van der Waals surface area contributed by atoms with Crippen molar-refractivity contribution < 1.29 is 4.79 Å². The molecule has 0 spiro atoms. The van der Waals surface area contributed by atoms with Crippen LogP contribution in [0.5, 0.6) is 0 Å². The lowest BCUT2D eigenvalue weighted by atomic mass is 9.95. The average Bonchev–Trinajstić information content (AvgIpc) is 3.39. The monoisotopic (exact) mass is 426 g/mol. The molecule has 1 atom stereocenters. The van der Waals surface area contributed by atoms with E-state index in [0.717, 1.165) is 33.2 Å². The van der Waals surface area contributed by atoms with Crippen LogP contribution in [0, 0.1) is 0 Å². The van der Waals surface area contributed by atoms with Gasteiger partial charge < -0.3 is 9.88 Å². The van der Waals surface area contributed by atoms with Gasteiger partial charge in [0.15, 0.2) is 11.5 Å². The third-order valence-corrected chi connectivity index (χ3v) is 5.50. The Labute approximate surface area is 161 Å². The van der Waals surface area contributed by atoms with Gasteiger partial charge in [0.05, 0.1) is 17.3 Å². The number of nitrogens with one attached hydrogen (secondary N) is 2. The Morgan fingerprint density at radius 1 is 1.37 bits per heavy atom. The zero-order valence-corrected chi connectivity index (χ0v) is 15.9. The first kappa shape index (κ1) is 16.2. The highest BCUT2D eigenvalue weighted by Crippen LogP contribution is 2.35. The van der Waals surface area contributed by atoms with Crippen LogP contribution in [-0.4, -0.2) is 52.6 Å². The summed E-state index contributed by atoms with van der Waals surface area (Å²) in [4.78, 5) is 18.2. The first-order chi connectivity index (χ1) is 13.1. The maximum absolute atomic E-state index is 13.1. The lowest BCUT2D eigenvalue weighted by Crippen LogP contribution is -2.38. The van der Waals surface area contributed by atoms with Crippen LogP contribution in [0.1, 0.15) is 34.6 Å². The number of H-pyrrole nitrogens is 2. The second-order valence-corrected chi connectivity index (χ2v) is 7.43. The van der Waals surface area contributed by atoms with Gasteiger partial charge in [0.25, 0.3) is 5.91 Å². The fourth-order valence-electron chi connectivity index (χ4n) is 3.67. The Morgan fingerprint density at radius 2 is 2.26 bits per heavy atom. The van der Waals surface area contributed by atoms with Crippen molar-refractivity contribution in [3.05, 3.63) is 51.9 Å². The van der Waals surface area contributed by atoms with Crippen molar-refractivity contribution in [3.63, 3.8) is 0 Å². The second-order valence-electron chi connectivity index (χ2n) is 6.52. The molecule has 0 aliphatic carbocycles. The largest absolute Gasteiger partial charge is 0.358 e. The quantitative estimate of drug-likeness (QED) is 0.511. The number of hydrogen-bond acceptors (Lipinski definition) is 5. The topological polar surface area (TPSA) is 108 Å². The van der Waals surface area contributed by atoms with Gasteiger partial charge in [-0.2, -0.15) is 5.10 Å². The minimum Gasteiger partial charge on any atom is -0.358 e. The lowest BCUT2D eigenvalue weighted by Gasteiger charge is -2.33. The Hall–Kier alpha value is -3.01. The molecule has 5 rings (SSSR count). The summed E-state index contributed by atoms with van der Waals surface area (Å²) in [5, 5.41) is 18.5. The van der Waals surface area contributed by atoms with E-state index in [4.69, 9.17) is 0 Å². The fourth-order valence-corrected chi connectivity index (χ4v) is 4.00. The smallest absolute Gasteiger partial charge is 0.274 e. The van der Waals surface area contributed by atoms with Gasteiger partial charge in [0, 0.05) is 23.4 Å². The van der Waals surface area contributed by atoms with Crippen molar-refractivity contribution in [3.8, 4) is 11.5 Å². The van der Waals surface area contributed by atoms with Crippen LogP contribution >= 0.6 is 15.9 Å². The molecule has 1 aliphatic heterocycles. The van der Waals surface area contributed by atoms with E-state index >= 15 is 0 Å². The highest BCUT2D eigenvalue weighted by molar-refractivity contribution is 9.10. The van der Waals surface area contributed by atoms with Crippen molar-refractivity contribution in [1.82, 2.24) is 40.1 Å². The maximum atomic E-state index is 13.1. The fraction of sp³-hybridized carbons (Fsp3) is 0.235. The van der Waals surface area contributed by atoms with Crippen LogP contribution in [-0.2, 0) is 6.42 Å². The Kier molecular flexibility index (Phi) is 3.61. The number of amides is 1. The molecule has 4 aromatic rings. The number of fused-ring (bicyclic) bond motifs is 2. The Bertz CT molecular complexity index is 1150. The van der Waals surface area contributed by atoms with Crippen LogP contribution in [0.15, 0.2) is 35.1 Å². The predicted molar refractivity (Wildman–Crippen MR) is 100 cm³/mol. The van der Waals surface area contributed by atoms with Gasteiger partial charge in [0.1, 0.15) is 0 Å².